The number of carbonyl (C=O) groups is 2. The van der Waals surface area contributed by atoms with Gasteiger partial charge in [0.25, 0.3) is 5.91 Å². The number of likely N-dealkylation sites (tertiary alicyclic amines) is 1. The second-order valence-corrected chi connectivity index (χ2v) is 5.28. The maximum atomic E-state index is 12.2. The second kappa shape index (κ2) is 7.30. The largest absolute Gasteiger partial charge is 0.376 e. The van der Waals surface area contributed by atoms with Gasteiger partial charge in [0.1, 0.15) is 6.54 Å². The summed E-state index contributed by atoms with van der Waals surface area (Å²) in [6.07, 6.45) is 4.12. The van der Waals surface area contributed by atoms with Gasteiger partial charge in [-0.3, -0.25) is 9.59 Å². The van der Waals surface area contributed by atoms with Crippen LogP contribution in [0.5, 0.6) is 0 Å². The Labute approximate surface area is 120 Å². The maximum Gasteiger partial charge on any atom is 0.299 e. The first kappa shape index (κ1) is 14.9. The minimum atomic E-state index is -0.282. The van der Waals surface area contributed by atoms with Crippen LogP contribution in [0.15, 0.2) is 0 Å². The first-order valence-corrected chi connectivity index (χ1v) is 7.31. The number of rotatable bonds is 4. The van der Waals surface area contributed by atoms with Crippen molar-refractivity contribution in [2.45, 2.75) is 38.7 Å². The Morgan fingerprint density at radius 2 is 2.05 bits per heavy atom. The summed E-state index contributed by atoms with van der Waals surface area (Å²) in [5.74, 6) is 4.87. The monoisotopic (exact) mass is 278 g/mol. The Morgan fingerprint density at radius 1 is 1.30 bits per heavy atom. The molecule has 2 amide bonds. The molecule has 1 atom stereocenters. The maximum absolute atomic E-state index is 12.2. The molecule has 0 aromatic rings. The SMILES string of the molecule is CC#CC(=O)N(CC(=O)N1CCCC1)CC1CCCO1. The first-order chi connectivity index (χ1) is 9.70. The van der Waals surface area contributed by atoms with Gasteiger partial charge in [-0.25, -0.2) is 0 Å². The molecule has 5 nitrogen and oxygen atoms in total. The average Bonchev–Trinajstić information content (AvgIpc) is 3.11. The molecule has 0 bridgehead atoms. The Bertz CT molecular complexity index is 413. The molecule has 2 rings (SSSR count). The molecule has 0 aromatic heterocycles. The zero-order valence-electron chi connectivity index (χ0n) is 12.1. The van der Waals surface area contributed by atoms with E-state index < -0.39 is 0 Å². The van der Waals surface area contributed by atoms with E-state index in [4.69, 9.17) is 4.74 Å². The zero-order valence-corrected chi connectivity index (χ0v) is 12.1. The van der Waals surface area contributed by atoms with Gasteiger partial charge in [-0.2, -0.15) is 0 Å². The van der Waals surface area contributed by atoms with Crippen LogP contribution in [0.25, 0.3) is 0 Å². The van der Waals surface area contributed by atoms with E-state index >= 15 is 0 Å². The van der Waals surface area contributed by atoms with Crippen LogP contribution in [0.3, 0.4) is 0 Å². The quantitative estimate of drug-likeness (QED) is 0.709. The molecule has 0 N–H and O–H groups in total. The molecular formula is C15H22N2O3. The molecule has 0 aliphatic carbocycles. The molecule has 2 heterocycles. The summed E-state index contributed by atoms with van der Waals surface area (Å²) in [6, 6.07) is 0. The van der Waals surface area contributed by atoms with Crippen LogP contribution < -0.4 is 0 Å². The van der Waals surface area contributed by atoms with Crippen LogP contribution in [-0.4, -0.2) is 60.5 Å². The summed E-state index contributed by atoms with van der Waals surface area (Å²) in [5.41, 5.74) is 0. The summed E-state index contributed by atoms with van der Waals surface area (Å²) in [4.78, 5) is 27.6. The minimum absolute atomic E-state index is 0.0201. The molecule has 2 aliphatic rings. The fourth-order valence-electron chi connectivity index (χ4n) is 2.67. The number of hydrogen-bond acceptors (Lipinski definition) is 3. The van der Waals surface area contributed by atoms with Gasteiger partial charge >= 0.3 is 0 Å². The van der Waals surface area contributed by atoms with Crippen molar-refractivity contribution >= 4 is 11.8 Å². The van der Waals surface area contributed by atoms with E-state index in [0.29, 0.717) is 6.54 Å². The van der Waals surface area contributed by atoms with E-state index in [0.717, 1.165) is 45.4 Å². The van der Waals surface area contributed by atoms with E-state index in [1.54, 1.807) is 6.92 Å². The number of amides is 2. The van der Waals surface area contributed by atoms with Gasteiger partial charge in [-0.1, -0.05) is 5.92 Å². The number of hydrogen-bond donors (Lipinski definition) is 0. The third-order valence-electron chi connectivity index (χ3n) is 3.75. The Balaban J connectivity index is 1.94. The zero-order chi connectivity index (χ0) is 14.4. The lowest BCUT2D eigenvalue weighted by atomic mass is 10.2. The van der Waals surface area contributed by atoms with Crippen molar-refractivity contribution < 1.29 is 14.3 Å². The van der Waals surface area contributed by atoms with Crippen LogP contribution in [0, 0.1) is 11.8 Å². The molecule has 2 saturated heterocycles. The molecule has 1 unspecified atom stereocenters. The highest BCUT2D eigenvalue weighted by molar-refractivity contribution is 5.96. The lowest BCUT2D eigenvalue weighted by molar-refractivity contribution is -0.138. The van der Waals surface area contributed by atoms with Gasteiger partial charge in [0, 0.05) is 26.2 Å². The van der Waals surface area contributed by atoms with E-state index in [-0.39, 0.29) is 24.5 Å². The molecule has 0 saturated carbocycles. The molecular weight excluding hydrogens is 256 g/mol. The van der Waals surface area contributed by atoms with Crippen molar-refractivity contribution in [3.05, 3.63) is 0 Å². The molecule has 5 heteroatoms. The fraction of sp³-hybridized carbons (Fsp3) is 0.733. The molecule has 0 aromatic carbocycles. The van der Waals surface area contributed by atoms with Crippen molar-refractivity contribution in [3.8, 4) is 11.8 Å². The molecule has 2 fully saturated rings. The van der Waals surface area contributed by atoms with Crippen molar-refractivity contribution in [3.63, 3.8) is 0 Å². The summed E-state index contributed by atoms with van der Waals surface area (Å²) >= 11 is 0. The van der Waals surface area contributed by atoms with E-state index in [2.05, 4.69) is 11.8 Å². The van der Waals surface area contributed by atoms with Crippen LogP contribution in [-0.2, 0) is 14.3 Å². The van der Waals surface area contributed by atoms with Gasteiger partial charge in [0.05, 0.1) is 6.10 Å². The third kappa shape index (κ3) is 3.97. The third-order valence-corrected chi connectivity index (χ3v) is 3.75. The van der Waals surface area contributed by atoms with Gasteiger partial charge < -0.3 is 14.5 Å². The molecule has 20 heavy (non-hydrogen) atoms. The van der Waals surface area contributed by atoms with E-state index in [1.807, 2.05) is 4.90 Å². The second-order valence-electron chi connectivity index (χ2n) is 5.28. The Kier molecular flexibility index (Phi) is 5.42. The smallest absolute Gasteiger partial charge is 0.299 e. The summed E-state index contributed by atoms with van der Waals surface area (Å²) < 4.78 is 5.55. The lowest BCUT2D eigenvalue weighted by Crippen LogP contribution is -2.44. The fourth-order valence-corrected chi connectivity index (χ4v) is 2.67. The molecule has 0 radical (unpaired) electrons. The van der Waals surface area contributed by atoms with Crippen molar-refractivity contribution in [2.75, 3.05) is 32.8 Å². The normalized spacial score (nSPS) is 21.4. The Morgan fingerprint density at radius 3 is 2.65 bits per heavy atom. The van der Waals surface area contributed by atoms with Gasteiger partial charge in [0.2, 0.25) is 5.91 Å². The lowest BCUT2D eigenvalue weighted by Gasteiger charge is -2.25. The highest BCUT2D eigenvalue weighted by Crippen LogP contribution is 2.14. The van der Waals surface area contributed by atoms with Crippen LogP contribution >= 0.6 is 0 Å². The first-order valence-electron chi connectivity index (χ1n) is 7.31. The highest BCUT2D eigenvalue weighted by atomic mass is 16.5. The van der Waals surface area contributed by atoms with E-state index in [9.17, 15) is 9.59 Å². The van der Waals surface area contributed by atoms with E-state index in [1.165, 1.54) is 4.90 Å². The standard InChI is InChI=1S/C15H22N2O3/c1-2-6-14(18)17(11-13-7-5-10-20-13)12-15(19)16-8-3-4-9-16/h13H,3-5,7-12H2,1H3. The van der Waals surface area contributed by atoms with Crippen molar-refractivity contribution in [1.82, 2.24) is 9.80 Å². The predicted octanol–water partition coefficient (Wildman–Crippen LogP) is 0.640. The highest BCUT2D eigenvalue weighted by Gasteiger charge is 2.26. The van der Waals surface area contributed by atoms with Crippen molar-refractivity contribution in [1.29, 1.82) is 0 Å². The van der Waals surface area contributed by atoms with Gasteiger partial charge in [-0.05, 0) is 38.5 Å². The number of ether oxygens (including phenoxy) is 1. The van der Waals surface area contributed by atoms with Crippen LogP contribution in [0.2, 0.25) is 0 Å². The summed E-state index contributed by atoms with van der Waals surface area (Å²) in [6.45, 7) is 4.57. The minimum Gasteiger partial charge on any atom is -0.376 e. The van der Waals surface area contributed by atoms with Crippen LogP contribution in [0.4, 0.5) is 0 Å². The predicted molar refractivity (Wildman–Crippen MR) is 74.8 cm³/mol. The molecule has 0 spiro atoms. The summed E-state index contributed by atoms with van der Waals surface area (Å²) in [5, 5.41) is 0. The molecule has 2 aliphatic heterocycles. The average molecular weight is 278 g/mol. The number of carbonyl (C=O) groups excluding carboxylic acids is 2. The van der Waals surface area contributed by atoms with Crippen molar-refractivity contribution in [2.24, 2.45) is 0 Å². The van der Waals surface area contributed by atoms with Gasteiger partial charge in [0.15, 0.2) is 0 Å². The van der Waals surface area contributed by atoms with Crippen LogP contribution in [0.1, 0.15) is 32.6 Å². The number of nitrogens with zero attached hydrogens (tertiary/aromatic N) is 2. The topological polar surface area (TPSA) is 49.9 Å². The Hall–Kier alpha value is -1.54. The summed E-state index contributed by atoms with van der Waals surface area (Å²) in [7, 11) is 0. The van der Waals surface area contributed by atoms with Gasteiger partial charge in [-0.15, -0.1) is 0 Å². The molecule has 110 valence electrons.